The molecule has 2 fully saturated rings. The molecule has 16 heavy (non-hydrogen) atoms. The summed E-state index contributed by atoms with van der Waals surface area (Å²) in [6, 6.07) is 0. The SMILES string of the molecule is CCN1CC2(CNC2=O)CC1(C)CNC=O. The van der Waals surface area contributed by atoms with Gasteiger partial charge in [-0.05, 0) is 19.9 Å². The quantitative estimate of drug-likeness (QED) is 0.493. The molecule has 2 aliphatic rings. The first kappa shape index (κ1) is 11.4. The molecule has 0 saturated carbocycles. The summed E-state index contributed by atoms with van der Waals surface area (Å²) in [7, 11) is 0. The Hall–Kier alpha value is -1.10. The van der Waals surface area contributed by atoms with Gasteiger partial charge in [0.2, 0.25) is 12.3 Å². The van der Waals surface area contributed by atoms with E-state index in [9.17, 15) is 9.59 Å². The Morgan fingerprint density at radius 2 is 2.38 bits per heavy atom. The fourth-order valence-electron chi connectivity index (χ4n) is 3.06. The highest BCUT2D eigenvalue weighted by Crippen LogP contribution is 2.44. The van der Waals surface area contributed by atoms with Crippen molar-refractivity contribution in [3.05, 3.63) is 0 Å². The lowest BCUT2D eigenvalue weighted by Gasteiger charge is -2.37. The van der Waals surface area contributed by atoms with Crippen LogP contribution in [0.3, 0.4) is 0 Å². The van der Waals surface area contributed by atoms with E-state index in [1.165, 1.54) is 0 Å². The molecule has 0 bridgehead atoms. The van der Waals surface area contributed by atoms with E-state index < -0.39 is 0 Å². The van der Waals surface area contributed by atoms with Gasteiger partial charge in [0.25, 0.3) is 0 Å². The van der Waals surface area contributed by atoms with Crippen LogP contribution in [0.25, 0.3) is 0 Å². The maximum absolute atomic E-state index is 11.6. The molecular weight excluding hydrogens is 206 g/mol. The van der Waals surface area contributed by atoms with Crippen LogP contribution in [0.5, 0.6) is 0 Å². The van der Waals surface area contributed by atoms with E-state index in [4.69, 9.17) is 0 Å². The molecule has 2 amide bonds. The molecule has 2 N–H and O–H groups in total. The molecule has 5 nitrogen and oxygen atoms in total. The Kier molecular flexibility index (Phi) is 2.66. The van der Waals surface area contributed by atoms with Gasteiger partial charge in [0.15, 0.2) is 0 Å². The number of nitrogens with zero attached hydrogens (tertiary/aromatic N) is 1. The van der Waals surface area contributed by atoms with E-state index in [-0.39, 0.29) is 16.9 Å². The van der Waals surface area contributed by atoms with Gasteiger partial charge in [-0.1, -0.05) is 6.92 Å². The molecule has 1 spiro atoms. The number of hydrogen-bond donors (Lipinski definition) is 2. The van der Waals surface area contributed by atoms with Crippen molar-refractivity contribution in [2.75, 3.05) is 26.2 Å². The van der Waals surface area contributed by atoms with Crippen molar-refractivity contribution in [3.63, 3.8) is 0 Å². The van der Waals surface area contributed by atoms with Crippen LogP contribution in [0.2, 0.25) is 0 Å². The van der Waals surface area contributed by atoms with E-state index in [0.717, 1.165) is 32.5 Å². The molecule has 2 aliphatic heterocycles. The van der Waals surface area contributed by atoms with Gasteiger partial charge >= 0.3 is 0 Å². The van der Waals surface area contributed by atoms with Crippen molar-refractivity contribution in [2.24, 2.45) is 5.41 Å². The maximum Gasteiger partial charge on any atom is 0.229 e. The van der Waals surface area contributed by atoms with Crippen molar-refractivity contribution in [2.45, 2.75) is 25.8 Å². The molecule has 2 heterocycles. The van der Waals surface area contributed by atoms with Crippen molar-refractivity contribution in [1.29, 1.82) is 0 Å². The summed E-state index contributed by atoms with van der Waals surface area (Å²) in [5.74, 6) is 0.167. The fourth-order valence-corrected chi connectivity index (χ4v) is 3.06. The van der Waals surface area contributed by atoms with Crippen LogP contribution < -0.4 is 10.6 Å². The number of hydrogen-bond acceptors (Lipinski definition) is 3. The minimum atomic E-state index is -0.199. The van der Waals surface area contributed by atoms with Gasteiger partial charge in [-0.25, -0.2) is 0 Å². The molecule has 2 saturated heterocycles. The highest BCUT2D eigenvalue weighted by atomic mass is 16.2. The number of likely N-dealkylation sites (N-methyl/N-ethyl adjacent to an activating group) is 1. The van der Waals surface area contributed by atoms with Crippen LogP contribution in [0.15, 0.2) is 0 Å². The highest BCUT2D eigenvalue weighted by Gasteiger charge is 2.58. The number of likely N-dealkylation sites (tertiary alicyclic amines) is 1. The Labute approximate surface area is 95.6 Å². The second kappa shape index (κ2) is 3.73. The van der Waals surface area contributed by atoms with E-state index >= 15 is 0 Å². The summed E-state index contributed by atoms with van der Waals surface area (Å²) in [5.41, 5.74) is -0.289. The lowest BCUT2D eigenvalue weighted by molar-refractivity contribution is -0.139. The summed E-state index contributed by atoms with van der Waals surface area (Å²) >= 11 is 0. The normalized spacial score (nSPS) is 38.2. The predicted molar refractivity (Wildman–Crippen MR) is 59.8 cm³/mol. The Balaban J connectivity index is 2.12. The van der Waals surface area contributed by atoms with Crippen LogP contribution >= 0.6 is 0 Å². The largest absolute Gasteiger partial charge is 0.357 e. The van der Waals surface area contributed by atoms with Crippen LogP contribution in [-0.4, -0.2) is 48.9 Å². The Morgan fingerprint density at radius 1 is 1.62 bits per heavy atom. The lowest BCUT2D eigenvalue weighted by atomic mass is 9.75. The third-order valence-electron chi connectivity index (χ3n) is 3.99. The number of carbonyl (C=O) groups is 2. The summed E-state index contributed by atoms with van der Waals surface area (Å²) < 4.78 is 0. The first-order valence-electron chi connectivity index (χ1n) is 5.77. The van der Waals surface area contributed by atoms with Gasteiger partial charge in [0.05, 0.1) is 5.41 Å². The van der Waals surface area contributed by atoms with Crippen molar-refractivity contribution in [3.8, 4) is 0 Å². The Morgan fingerprint density at radius 3 is 2.81 bits per heavy atom. The van der Waals surface area contributed by atoms with Crippen LogP contribution in [0.4, 0.5) is 0 Å². The molecular formula is C11H19N3O2. The van der Waals surface area contributed by atoms with E-state index in [1.807, 2.05) is 0 Å². The molecule has 5 heteroatoms. The van der Waals surface area contributed by atoms with Crippen molar-refractivity contribution < 1.29 is 9.59 Å². The number of β-lactam (4-membered cyclic amide) rings is 1. The van der Waals surface area contributed by atoms with Crippen molar-refractivity contribution >= 4 is 12.3 Å². The topological polar surface area (TPSA) is 61.4 Å². The zero-order chi connectivity index (χ0) is 11.8. The first-order chi connectivity index (χ1) is 7.56. The van der Waals surface area contributed by atoms with E-state index in [2.05, 4.69) is 29.4 Å². The fraction of sp³-hybridized carbons (Fsp3) is 0.818. The number of carbonyl (C=O) groups excluding carboxylic acids is 2. The number of rotatable bonds is 4. The number of amides is 2. The summed E-state index contributed by atoms with van der Waals surface area (Å²) in [5, 5.41) is 5.57. The lowest BCUT2D eigenvalue weighted by Crippen LogP contribution is -2.60. The van der Waals surface area contributed by atoms with Crippen molar-refractivity contribution in [1.82, 2.24) is 15.5 Å². The molecule has 2 unspecified atom stereocenters. The van der Waals surface area contributed by atoms with Gasteiger partial charge in [-0.15, -0.1) is 0 Å². The molecule has 0 aromatic heterocycles. The van der Waals surface area contributed by atoms with Gasteiger partial charge in [-0.3, -0.25) is 14.5 Å². The van der Waals surface area contributed by atoms with Gasteiger partial charge in [0.1, 0.15) is 0 Å². The Bertz CT molecular complexity index is 320. The third-order valence-corrected chi connectivity index (χ3v) is 3.99. The minimum absolute atomic E-state index is 0.0899. The molecule has 2 atom stereocenters. The average molecular weight is 225 g/mol. The monoisotopic (exact) mass is 225 g/mol. The second-order valence-corrected chi connectivity index (χ2v) is 5.15. The molecule has 90 valence electrons. The first-order valence-corrected chi connectivity index (χ1v) is 5.77. The molecule has 2 rings (SSSR count). The summed E-state index contributed by atoms with van der Waals surface area (Å²) in [4.78, 5) is 24.3. The highest BCUT2D eigenvalue weighted by molar-refractivity contribution is 5.89. The molecule has 0 radical (unpaired) electrons. The maximum atomic E-state index is 11.6. The van der Waals surface area contributed by atoms with Gasteiger partial charge in [-0.2, -0.15) is 0 Å². The van der Waals surface area contributed by atoms with E-state index in [0.29, 0.717) is 6.54 Å². The van der Waals surface area contributed by atoms with E-state index in [1.54, 1.807) is 0 Å². The predicted octanol–water partition coefficient (Wildman–Crippen LogP) is -0.667. The third kappa shape index (κ3) is 1.50. The second-order valence-electron chi connectivity index (χ2n) is 5.15. The summed E-state index contributed by atoms with van der Waals surface area (Å²) in [6.07, 6.45) is 1.56. The van der Waals surface area contributed by atoms with Gasteiger partial charge in [0, 0.05) is 25.2 Å². The zero-order valence-corrected chi connectivity index (χ0v) is 9.88. The average Bonchev–Trinajstić information content (AvgIpc) is 2.61. The summed E-state index contributed by atoms with van der Waals surface area (Å²) in [6.45, 7) is 7.32. The minimum Gasteiger partial charge on any atom is -0.357 e. The molecule has 0 aliphatic carbocycles. The van der Waals surface area contributed by atoms with Crippen LogP contribution in [0, 0.1) is 5.41 Å². The number of nitrogens with one attached hydrogen (secondary N) is 2. The molecule has 0 aromatic carbocycles. The van der Waals surface area contributed by atoms with Gasteiger partial charge < -0.3 is 10.6 Å². The molecule has 0 aromatic rings. The van der Waals surface area contributed by atoms with Crippen LogP contribution in [0.1, 0.15) is 20.3 Å². The zero-order valence-electron chi connectivity index (χ0n) is 9.88. The standard InChI is InChI=1S/C11H19N3O2/c1-3-14-7-11(6-13-9(11)16)4-10(14,2)5-12-8-15/h8H,3-7H2,1-2H3,(H,12,15)(H,13,16). The van der Waals surface area contributed by atoms with Crippen LogP contribution in [-0.2, 0) is 9.59 Å². The smallest absolute Gasteiger partial charge is 0.229 e.